The summed E-state index contributed by atoms with van der Waals surface area (Å²) in [5, 5.41) is 12.4. The third-order valence-electron chi connectivity index (χ3n) is 1.41. The van der Waals surface area contributed by atoms with Crippen molar-refractivity contribution in [3.8, 4) is 0 Å². The predicted octanol–water partition coefficient (Wildman–Crippen LogP) is -1.41. The van der Waals surface area contributed by atoms with Crippen LogP contribution in [0.2, 0.25) is 0 Å². The largest absolute Gasteiger partial charge is 0.394 e. The molecule has 0 aromatic rings. The van der Waals surface area contributed by atoms with E-state index in [0.717, 1.165) is 5.06 Å². The number of carbonyl (C=O) groups is 1. The van der Waals surface area contributed by atoms with E-state index >= 15 is 0 Å². The fraction of sp³-hybridized carbons (Fsp3) is 0.833. The normalized spacial score (nSPS) is 12.7. The molecule has 0 heterocycles. The number of carbonyl (C=O) groups excluding carboxylic acids is 1. The second-order valence-electron chi connectivity index (χ2n) is 2.04. The van der Waals surface area contributed by atoms with Crippen molar-refractivity contribution in [2.75, 3.05) is 27.8 Å². The van der Waals surface area contributed by atoms with Crippen LogP contribution in [0.4, 0.5) is 0 Å². The highest BCUT2D eigenvalue weighted by atomic mass is 16.7. The van der Waals surface area contributed by atoms with Gasteiger partial charge in [0.25, 0.3) is 5.91 Å². The summed E-state index contributed by atoms with van der Waals surface area (Å²) in [5.41, 5.74) is 0. The lowest BCUT2D eigenvalue weighted by molar-refractivity contribution is -0.171. The topological polar surface area (TPSA) is 61.8 Å². The first-order chi connectivity index (χ1) is 5.17. The van der Waals surface area contributed by atoms with Gasteiger partial charge in [-0.05, 0) is 7.05 Å². The predicted molar refractivity (Wildman–Crippen MR) is 39.7 cm³/mol. The number of rotatable bonds is 4. The number of amides is 1. The molecular weight excluding hydrogens is 148 g/mol. The maximum atomic E-state index is 11.1. The maximum Gasteiger partial charge on any atom is 0.265 e. The van der Waals surface area contributed by atoms with Crippen LogP contribution < -0.4 is 5.32 Å². The van der Waals surface area contributed by atoms with Gasteiger partial charge in [-0.3, -0.25) is 9.63 Å². The van der Waals surface area contributed by atoms with E-state index < -0.39 is 6.04 Å². The van der Waals surface area contributed by atoms with E-state index in [9.17, 15) is 4.79 Å². The third kappa shape index (κ3) is 2.83. The number of nitrogens with zero attached hydrogens (tertiary/aromatic N) is 1. The van der Waals surface area contributed by atoms with Gasteiger partial charge in [0.15, 0.2) is 0 Å². The van der Waals surface area contributed by atoms with Crippen molar-refractivity contribution in [3.05, 3.63) is 0 Å². The first-order valence-electron chi connectivity index (χ1n) is 3.27. The molecule has 0 saturated heterocycles. The van der Waals surface area contributed by atoms with Crippen LogP contribution in [0.3, 0.4) is 0 Å². The molecule has 2 N–H and O–H groups in total. The highest BCUT2D eigenvalue weighted by Crippen LogP contribution is 1.90. The number of aliphatic hydroxyl groups is 1. The van der Waals surface area contributed by atoms with Crippen molar-refractivity contribution in [2.24, 2.45) is 0 Å². The van der Waals surface area contributed by atoms with Gasteiger partial charge in [0.1, 0.15) is 6.04 Å². The molecule has 0 spiro atoms. The number of hydroxylamine groups is 2. The highest BCUT2D eigenvalue weighted by Gasteiger charge is 2.18. The minimum absolute atomic E-state index is 0.233. The summed E-state index contributed by atoms with van der Waals surface area (Å²) >= 11 is 0. The van der Waals surface area contributed by atoms with Gasteiger partial charge >= 0.3 is 0 Å². The van der Waals surface area contributed by atoms with E-state index in [4.69, 9.17) is 5.11 Å². The Hall–Kier alpha value is -0.650. The second kappa shape index (κ2) is 5.06. The van der Waals surface area contributed by atoms with Crippen LogP contribution in [-0.4, -0.2) is 49.9 Å². The number of nitrogens with one attached hydrogen (secondary N) is 1. The molecule has 0 unspecified atom stereocenters. The fourth-order valence-electron chi connectivity index (χ4n) is 0.602. The van der Waals surface area contributed by atoms with E-state index in [-0.39, 0.29) is 12.5 Å². The lowest BCUT2D eigenvalue weighted by atomic mass is 10.3. The third-order valence-corrected chi connectivity index (χ3v) is 1.41. The van der Waals surface area contributed by atoms with E-state index in [2.05, 4.69) is 10.2 Å². The van der Waals surface area contributed by atoms with Crippen molar-refractivity contribution in [1.29, 1.82) is 0 Å². The zero-order valence-corrected chi connectivity index (χ0v) is 7.00. The number of likely N-dealkylation sites (N-methyl/N-ethyl adjacent to an activating group) is 2. The average Bonchev–Trinajstić information content (AvgIpc) is 2.05. The Morgan fingerprint density at radius 3 is 2.64 bits per heavy atom. The molecule has 1 amide bonds. The van der Waals surface area contributed by atoms with Gasteiger partial charge in [-0.2, -0.15) is 0 Å². The molecule has 0 aliphatic rings. The minimum atomic E-state index is -0.583. The minimum Gasteiger partial charge on any atom is -0.394 e. The Kier molecular flexibility index (Phi) is 4.76. The quantitative estimate of drug-likeness (QED) is 0.498. The van der Waals surface area contributed by atoms with E-state index in [1.807, 2.05) is 0 Å². The highest BCUT2D eigenvalue weighted by molar-refractivity contribution is 5.80. The zero-order valence-electron chi connectivity index (χ0n) is 7.00. The molecule has 0 aliphatic carbocycles. The summed E-state index contributed by atoms with van der Waals surface area (Å²) in [6.45, 7) is -0.233. The van der Waals surface area contributed by atoms with Gasteiger partial charge < -0.3 is 10.4 Å². The zero-order chi connectivity index (χ0) is 8.85. The van der Waals surface area contributed by atoms with Crippen LogP contribution in [-0.2, 0) is 9.63 Å². The fourth-order valence-corrected chi connectivity index (χ4v) is 0.602. The smallest absolute Gasteiger partial charge is 0.265 e. The van der Waals surface area contributed by atoms with Crippen molar-refractivity contribution in [3.63, 3.8) is 0 Å². The number of hydrogen-bond donors (Lipinski definition) is 2. The Labute approximate surface area is 65.9 Å². The van der Waals surface area contributed by atoms with Crippen LogP contribution in [0, 0.1) is 0 Å². The summed E-state index contributed by atoms with van der Waals surface area (Å²) in [7, 11) is 4.48. The molecule has 0 saturated carbocycles. The molecule has 0 aliphatic heterocycles. The molecule has 5 nitrogen and oxygen atoms in total. The lowest BCUT2D eigenvalue weighted by Gasteiger charge is -2.19. The molecule has 5 heteroatoms. The van der Waals surface area contributed by atoms with Crippen molar-refractivity contribution in [1.82, 2.24) is 10.4 Å². The van der Waals surface area contributed by atoms with Crippen LogP contribution >= 0.6 is 0 Å². The Morgan fingerprint density at radius 2 is 2.36 bits per heavy atom. The van der Waals surface area contributed by atoms with Gasteiger partial charge in [0.2, 0.25) is 0 Å². The summed E-state index contributed by atoms with van der Waals surface area (Å²) < 4.78 is 0. The van der Waals surface area contributed by atoms with Gasteiger partial charge in [-0.1, -0.05) is 0 Å². The van der Waals surface area contributed by atoms with Crippen LogP contribution in [0.5, 0.6) is 0 Å². The first-order valence-corrected chi connectivity index (χ1v) is 3.27. The van der Waals surface area contributed by atoms with Gasteiger partial charge in [-0.25, -0.2) is 5.06 Å². The van der Waals surface area contributed by atoms with Crippen molar-refractivity contribution in [2.45, 2.75) is 6.04 Å². The van der Waals surface area contributed by atoms with E-state index in [0.29, 0.717) is 0 Å². The Morgan fingerprint density at radius 1 is 1.82 bits per heavy atom. The van der Waals surface area contributed by atoms with Crippen molar-refractivity contribution < 1.29 is 14.7 Å². The summed E-state index contributed by atoms with van der Waals surface area (Å²) in [4.78, 5) is 15.7. The maximum absolute atomic E-state index is 11.1. The molecule has 0 aromatic carbocycles. The van der Waals surface area contributed by atoms with Crippen molar-refractivity contribution >= 4 is 5.91 Å². The molecule has 0 bridgehead atoms. The molecule has 0 fully saturated rings. The van der Waals surface area contributed by atoms with Gasteiger partial charge in [-0.15, -0.1) is 0 Å². The first kappa shape index (κ1) is 10.3. The van der Waals surface area contributed by atoms with Crippen LogP contribution in [0.1, 0.15) is 0 Å². The molecule has 0 radical (unpaired) electrons. The second-order valence-corrected chi connectivity index (χ2v) is 2.04. The summed E-state index contributed by atoms with van der Waals surface area (Å²) in [6, 6.07) is -0.583. The monoisotopic (exact) mass is 162 g/mol. The average molecular weight is 162 g/mol. The molecule has 11 heavy (non-hydrogen) atoms. The summed E-state index contributed by atoms with van der Waals surface area (Å²) in [6.07, 6.45) is 0. The van der Waals surface area contributed by atoms with E-state index in [1.165, 1.54) is 14.2 Å². The van der Waals surface area contributed by atoms with Gasteiger partial charge in [0, 0.05) is 7.05 Å². The molecule has 66 valence electrons. The van der Waals surface area contributed by atoms with Crippen LogP contribution in [0.15, 0.2) is 0 Å². The lowest BCUT2D eigenvalue weighted by Crippen LogP contribution is -2.45. The van der Waals surface area contributed by atoms with E-state index in [1.54, 1.807) is 7.05 Å². The van der Waals surface area contributed by atoms with Crippen LogP contribution in [0.25, 0.3) is 0 Å². The molecule has 0 aromatic heterocycles. The Bertz CT molecular complexity index is 125. The number of aliphatic hydroxyl groups excluding tert-OH is 1. The number of hydrogen-bond acceptors (Lipinski definition) is 4. The SMILES string of the molecule is CN[C@@H](CO)C(=O)N(C)OC. The standard InChI is InChI=1S/C6H14N2O3/c1-7-5(4-9)6(10)8(2)11-3/h5,7,9H,4H2,1-3H3/t5-/m0/s1. The van der Waals surface area contributed by atoms with Gasteiger partial charge in [0.05, 0.1) is 13.7 Å². The summed E-state index contributed by atoms with van der Waals surface area (Å²) in [5.74, 6) is -0.294. The molecular formula is C6H14N2O3. The molecule has 0 rings (SSSR count). The molecule has 1 atom stereocenters. The Balaban J connectivity index is 3.97.